The summed E-state index contributed by atoms with van der Waals surface area (Å²) in [5.74, 6) is 1.08. The fourth-order valence-electron chi connectivity index (χ4n) is 1.88. The van der Waals surface area contributed by atoms with Crippen molar-refractivity contribution in [3.8, 4) is 0 Å². The smallest absolute Gasteiger partial charge is 0.363 e. The number of hydrogen-bond donors (Lipinski definition) is 2. The number of hydrogen-bond acceptors (Lipinski definition) is 7. The molecule has 3 aromatic rings. The number of nitrogens with one attached hydrogen (secondary N) is 2. The van der Waals surface area contributed by atoms with E-state index in [9.17, 15) is 10.1 Å². The Kier molecular flexibility index (Phi) is 3.29. The van der Waals surface area contributed by atoms with Crippen LogP contribution in [0.2, 0.25) is 0 Å². The normalized spacial score (nSPS) is 11.0. The molecule has 3 heterocycles. The number of nitro groups is 1. The first kappa shape index (κ1) is 12.5. The van der Waals surface area contributed by atoms with E-state index in [1.807, 2.05) is 0 Å². The maximum Gasteiger partial charge on any atom is 0.372 e. The minimum absolute atomic E-state index is 0.0269. The molecule has 0 spiro atoms. The zero-order chi connectivity index (χ0) is 13.9. The molecular weight excluding hydrogens is 282 g/mol. The van der Waals surface area contributed by atoms with Crippen LogP contribution >= 0.6 is 11.3 Å². The molecule has 20 heavy (non-hydrogen) atoms. The quantitative estimate of drug-likeness (QED) is 0.404. The number of aryl methyl sites for hydroxylation is 1. The molecular formula is C10H11N7O2S. The van der Waals surface area contributed by atoms with Crippen molar-refractivity contribution in [2.75, 3.05) is 11.9 Å². The summed E-state index contributed by atoms with van der Waals surface area (Å²) in [4.78, 5) is 19.5. The molecule has 0 bridgehead atoms. The van der Waals surface area contributed by atoms with E-state index in [1.54, 1.807) is 11.6 Å². The van der Waals surface area contributed by atoms with Gasteiger partial charge in [0, 0.05) is 18.3 Å². The summed E-state index contributed by atoms with van der Waals surface area (Å²) in [7, 11) is 0. The second-order valence-corrected chi connectivity index (χ2v) is 4.93. The first-order chi connectivity index (χ1) is 9.75. The van der Waals surface area contributed by atoms with E-state index in [1.165, 1.54) is 22.1 Å². The number of aromatic amines is 1. The molecule has 3 aromatic heterocycles. The fourth-order valence-corrected chi connectivity index (χ4v) is 2.59. The van der Waals surface area contributed by atoms with Gasteiger partial charge in [-0.3, -0.25) is 5.10 Å². The Bertz CT molecular complexity index is 717. The molecule has 10 heteroatoms. The van der Waals surface area contributed by atoms with Gasteiger partial charge in [-0.2, -0.15) is 14.5 Å². The molecule has 0 radical (unpaired) electrons. The lowest BCUT2D eigenvalue weighted by molar-refractivity contribution is -0.389. The monoisotopic (exact) mass is 293 g/mol. The highest BCUT2D eigenvalue weighted by atomic mass is 32.1. The molecule has 0 saturated carbocycles. The average Bonchev–Trinajstić information content (AvgIpc) is 3.10. The van der Waals surface area contributed by atoms with Crippen LogP contribution in [0.1, 0.15) is 12.2 Å². The Labute approximate surface area is 116 Å². The van der Waals surface area contributed by atoms with Gasteiger partial charge in [-0.25, -0.2) is 4.98 Å². The Morgan fingerprint density at radius 3 is 3.20 bits per heavy atom. The summed E-state index contributed by atoms with van der Waals surface area (Å²) in [5, 5.41) is 22.4. The second-order valence-electron chi connectivity index (χ2n) is 4.06. The van der Waals surface area contributed by atoms with Crippen LogP contribution < -0.4 is 5.32 Å². The molecule has 104 valence electrons. The van der Waals surface area contributed by atoms with Gasteiger partial charge in [0.1, 0.15) is 18.3 Å². The van der Waals surface area contributed by atoms with Gasteiger partial charge in [0.05, 0.1) is 0 Å². The number of anilines is 1. The van der Waals surface area contributed by atoms with E-state index in [-0.39, 0.29) is 5.82 Å². The molecule has 2 N–H and O–H groups in total. The van der Waals surface area contributed by atoms with Crippen LogP contribution in [0.15, 0.2) is 17.9 Å². The second kappa shape index (κ2) is 5.25. The van der Waals surface area contributed by atoms with Crippen LogP contribution in [0, 0.1) is 10.1 Å². The van der Waals surface area contributed by atoms with Crippen LogP contribution in [0.5, 0.6) is 0 Å². The average molecular weight is 293 g/mol. The van der Waals surface area contributed by atoms with Crippen molar-refractivity contribution in [3.63, 3.8) is 0 Å². The Balaban J connectivity index is 1.66. The van der Waals surface area contributed by atoms with Crippen LogP contribution in [0.4, 0.5) is 11.6 Å². The number of aromatic nitrogens is 5. The molecule has 9 nitrogen and oxygen atoms in total. The van der Waals surface area contributed by atoms with E-state index < -0.39 is 4.92 Å². The van der Waals surface area contributed by atoms with Crippen molar-refractivity contribution in [1.29, 1.82) is 0 Å². The van der Waals surface area contributed by atoms with Gasteiger partial charge in [0.2, 0.25) is 5.82 Å². The number of H-pyrrole nitrogens is 1. The predicted molar refractivity (Wildman–Crippen MR) is 72.9 cm³/mol. The van der Waals surface area contributed by atoms with E-state index in [0.29, 0.717) is 17.3 Å². The number of imidazole rings is 1. The third-order valence-corrected chi connectivity index (χ3v) is 3.51. The van der Waals surface area contributed by atoms with E-state index >= 15 is 0 Å². The SMILES string of the molecule is O=[N+]([O-])c1c(NCCCc2ncn[nH]2)nc2sccn12. The molecule has 3 rings (SSSR count). The van der Waals surface area contributed by atoms with Gasteiger partial charge in [-0.15, -0.1) is 0 Å². The Morgan fingerprint density at radius 1 is 1.55 bits per heavy atom. The lowest BCUT2D eigenvalue weighted by Crippen LogP contribution is -2.06. The molecule has 0 fully saturated rings. The standard InChI is InChI=1S/C10H11N7O2S/c18-17(19)9-8(14-10-16(9)4-5-20-10)11-3-1-2-7-12-6-13-15-7/h4-6,11H,1-3H2,(H,12,13,15). The molecule has 0 amide bonds. The lowest BCUT2D eigenvalue weighted by atomic mass is 10.3. The summed E-state index contributed by atoms with van der Waals surface area (Å²) in [6, 6.07) is 0. The minimum atomic E-state index is -0.425. The van der Waals surface area contributed by atoms with Crippen molar-refractivity contribution in [2.45, 2.75) is 12.8 Å². The van der Waals surface area contributed by atoms with Gasteiger partial charge in [0.25, 0.3) is 4.96 Å². The van der Waals surface area contributed by atoms with E-state index in [2.05, 4.69) is 25.5 Å². The summed E-state index contributed by atoms with van der Waals surface area (Å²) < 4.78 is 1.48. The third-order valence-electron chi connectivity index (χ3n) is 2.76. The molecule has 0 unspecified atom stereocenters. The molecule has 0 aromatic carbocycles. The summed E-state index contributed by atoms with van der Waals surface area (Å²) in [6.07, 6.45) is 4.60. The van der Waals surface area contributed by atoms with Gasteiger partial charge >= 0.3 is 5.82 Å². The van der Waals surface area contributed by atoms with E-state index in [4.69, 9.17) is 0 Å². The van der Waals surface area contributed by atoms with Crippen molar-refractivity contribution in [2.24, 2.45) is 0 Å². The topological polar surface area (TPSA) is 114 Å². The third kappa shape index (κ3) is 2.32. The van der Waals surface area contributed by atoms with Crippen LogP contribution in [0.25, 0.3) is 4.96 Å². The van der Waals surface area contributed by atoms with Crippen molar-refractivity contribution in [3.05, 3.63) is 33.8 Å². The van der Waals surface area contributed by atoms with Gasteiger partial charge in [-0.05, 0) is 11.3 Å². The molecule has 0 aliphatic carbocycles. The lowest BCUT2D eigenvalue weighted by Gasteiger charge is -2.02. The van der Waals surface area contributed by atoms with Crippen molar-refractivity contribution < 1.29 is 4.92 Å². The van der Waals surface area contributed by atoms with E-state index in [0.717, 1.165) is 18.7 Å². The molecule has 0 saturated heterocycles. The Morgan fingerprint density at radius 2 is 2.45 bits per heavy atom. The van der Waals surface area contributed by atoms with Crippen LogP contribution in [0.3, 0.4) is 0 Å². The highest BCUT2D eigenvalue weighted by Gasteiger charge is 2.22. The largest absolute Gasteiger partial charge is 0.372 e. The summed E-state index contributed by atoms with van der Waals surface area (Å²) in [6.45, 7) is 0.576. The van der Waals surface area contributed by atoms with Gasteiger partial charge < -0.3 is 15.4 Å². The fraction of sp³-hybridized carbons (Fsp3) is 0.300. The van der Waals surface area contributed by atoms with Crippen molar-refractivity contribution in [1.82, 2.24) is 24.6 Å². The molecule has 0 aliphatic rings. The zero-order valence-corrected chi connectivity index (χ0v) is 11.1. The maximum absolute atomic E-state index is 11.1. The zero-order valence-electron chi connectivity index (χ0n) is 10.3. The molecule has 0 atom stereocenters. The van der Waals surface area contributed by atoms with Crippen molar-refractivity contribution >= 4 is 27.9 Å². The summed E-state index contributed by atoms with van der Waals surface area (Å²) in [5.41, 5.74) is 0. The highest BCUT2D eigenvalue weighted by Crippen LogP contribution is 2.27. The number of nitrogens with zero attached hydrogens (tertiary/aromatic N) is 5. The first-order valence-corrected chi connectivity index (χ1v) is 6.81. The number of thiazole rings is 1. The number of rotatable bonds is 6. The minimum Gasteiger partial charge on any atom is -0.363 e. The maximum atomic E-state index is 11.1. The molecule has 0 aliphatic heterocycles. The van der Waals surface area contributed by atoms with Gasteiger partial charge in [0.15, 0.2) is 0 Å². The summed E-state index contributed by atoms with van der Waals surface area (Å²) >= 11 is 1.36. The highest BCUT2D eigenvalue weighted by molar-refractivity contribution is 7.15. The first-order valence-electron chi connectivity index (χ1n) is 5.94. The number of fused-ring (bicyclic) bond motifs is 1. The van der Waals surface area contributed by atoms with Crippen LogP contribution in [-0.2, 0) is 6.42 Å². The Hall–Kier alpha value is -2.49. The predicted octanol–water partition coefficient (Wildman–Crippen LogP) is 1.47. The van der Waals surface area contributed by atoms with Crippen LogP contribution in [-0.4, -0.2) is 36.0 Å². The van der Waals surface area contributed by atoms with Gasteiger partial charge in [-0.1, -0.05) is 11.3 Å².